The van der Waals surface area contributed by atoms with Crippen molar-refractivity contribution in [2.45, 2.75) is 62.4 Å². The second kappa shape index (κ2) is 9.54. The fourth-order valence-corrected chi connectivity index (χ4v) is 6.58. The Morgan fingerprint density at radius 1 is 1.03 bits per heavy atom. The Kier molecular flexibility index (Phi) is 6.45. The van der Waals surface area contributed by atoms with Crippen LogP contribution in [0.2, 0.25) is 5.02 Å². The number of nitrogens with one attached hydrogen (secondary N) is 1. The Hall–Kier alpha value is -3.05. The first kappa shape index (κ1) is 23.7. The molecule has 2 aliphatic rings. The van der Waals surface area contributed by atoms with Crippen molar-refractivity contribution in [1.82, 2.24) is 4.57 Å². The first-order valence-electron chi connectivity index (χ1n) is 12.4. The molecule has 1 atom stereocenters. The van der Waals surface area contributed by atoms with Crippen molar-refractivity contribution in [2.75, 3.05) is 5.32 Å². The van der Waals surface area contributed by atoms with Gasteiger partial charge in [-0.15, -0.1) is 0 Å². The molecule has 182 valence electrons. The number of pyridine rings is 1. The van der Waals surface area contributed by atoms with Crippen molar-refractivity contribution >= 4 is 23.3 Å². The minimum Gasteiger partial charge on any atom is -0.480 e. The summed E-state index contributed by atoms with van der Waals surface area (Å²) >= 11 is 6.16. The summed E-state index contributed by atoms with van der Waals surface area (Å²) in [5.74, 6) is -0.314. The first-order valence-corrected chi connectivity index (χ1v) is 12.8. The van der Waals surface area contributed by atoms with Gasteiger partial charge in [0.05, 0.1) is 0 Å². The Morgan fingerprint density at radius 3 is 2.49 bits per heavy atom. The number of carbonyl (C=O) groups is 1. The summed E-state index contributed by atoms with van der Waals surface area (Å²) in [5.41, 5.74) is 2.62. The van der Waals surface area contributed by atoms with Gasteiger partial charge >= 0.3 is 5.97 Å². The quantitative estimate of drug-likeness (QED) is 0.432. The molecule has 0 saturated heterocycles. The van der Waals surface area contributed by atoms with E-state index in [1.165, 1.54) is 11.1 Å². The number of hydrogen-bond donors (Lipinski definition) is 2. The summed E-state index contributed by atoms with van der Waals surface area (Å²) in [5, 5.41) is 14.2. The topological polar surface area (TPSA) is 71.3 Å². The van der Waals surface area contributed by atoms with E-state index in [0.29, 0.717) is 23.8 Å². The average Bonchev–Trinajstić information content (AvgIpc) is 3.15. The Bertz CT molecular complexity index is 1260. The fraction of sp³-hybridized carbons (Fsp3) is 0.379. The molecule has 2 aromatic carbocycles. The molecule has 1 unspecified atom stereocenters. The number of anilines is 1. The third-order valence-electron chi connectivity index (χ3n) is 8.24. The van der Waals surface area contributed by atoms with Crippen LogP contribution in [0.1, 0.15) is 49.7 Å². The van der Waals surface area contributed by atoms with Crippen molar-refractivity contribution in [3.63, 3.8) is 0 Å². The van der Waals surface area contributed by atoms with Gasteiger partial charge in [-0.2, -0.15) is 0 Å². The van der Waals surface area contributed by atoms with Crippen LogP contribution in [0.4, 0.5) is 5.69 Å². The van der Waals surface area contributed by atoms with E-state index in [0.717, 1.165) is 44.3 Å². The molecule has 5 rings (SSSR count). The summed E-state index contributed by atoms with van der Waals surface area (Å²) < 4.78 is 2.07. The molecule has 5 nitrogen and oxygen atoms in total. The zero-order valence-electron chi connectivity index (χ0n) is 19.8. The third kappa shape index (κ3) is 4.62. The number of aliphatic carboxylic acids is 1. The van der Waals surface area contributed by atoms with Crippen molar-refractivity contribution < 1.29 is 9.90 Å². The number of halogens is 1. The van der Waals surface area contributed by atoms with Crippen LogP contribution in [-0.4, -0.2) is 21.2 Å². The Balaban J connectivity index is 1.35. The van der Waals surface area contributed by atoms with Crippen LogP contribution in [0, 0.1) is 5.92 Å². The lowest BCUT2D eigenvalue weighted by atomic mass is 9.60. The van der Waals surface area contributed by atoms with Crippen LogP contribution in [0.15, 0.2) is 77.9 Å². The van der Waals surface area contributed by atoms with Gasteiger partial charge in [0.15, 0.2) is 5.43 Å². The number of nitrogens with zero attached hydrogens (tertiary/aromatic N) is 1. The van der Waals surface area contributed by atoms with Crippen LogP contribution < -0.4 is 10.7 Å². The molecule has 6 heteroatoms. The van der Waals surface area contributed by atoms with Crippen molar-refractivity contribution in [2.24, 2.45) is 5.92 Å². The van der Waals surface area contributed by atoms with Crippen molar-refractivity contribution in [3.8, 4) is 0 Å². The van der Waals surface area contributed by atoms with E-state index in [2.05, 4.69) is 34.1 Å². The molecular weight excluding hydrogens is 460 g/mol. The van der Waals surface area contributed by atoms with Gasteiger partial charge in [0.25, 0.3) is 0 Å². The van der Waals surface area contributed by atoms with E-state index in [1.807, 2.05) is 24.5 Å². The monoisotopic (exact) mass is 490 g/mol. The molecular formula is C29H31ClN2O3. The van der Waals surface area contributed by atoms with E-state index in [-0.39, 0.29) is 10.8 Å². The van der Waals surface area contributed by atoms with Crippen LogP contribution in [0.25, 0.3) is 0 Å². The van der Waals surface area contributed by atoms with E-state index >= 15 is 0 Å². The molecule has 0 aliphatic heterocycles. The lowest BCUT2D eigenvalue weighted by Crippen LogP contribution is -2.53. The number of benzene rings is 2. The summed E-state index contributed by atoms with van der Waals surface area (Å²) in [7, 11) is 0. The van der Waals surface area contributed by atoms with Gasteiger partial charge in [0.1, 0.15) is 5.54 Å². The predicted octanol–water partition coefficient (Wildman–Crippen LogP) is 5.90. The fourth-order valence-electron chi connectivity index (χ4n) is 6.39. The second-order valence-corrected chi connectivity index (χ2v) is 10.6. The smallest absolute Gasteiger partial charge is 0.329 e. The molecule has 0 radical (unpaired) electrons. The van der Waals surface area contributed by atoms with E-state index in [1.54, 1.807) is 24.3 Å². The van der Waals surface area contributed by atoms with E-state index in [9.17, 15) is 14.7 Å². The average molecular weight is 491 g/mol. The molecule has 35 heavy (non-hydrogen) atoms. The molecule has 1 heterocycles. The normalized spacial score (nSPS) is 25.3. The number of aryl methyl sites for hydroxylation is 1. The van der Waals surface area contributed by atoms with Crippen LogP contribution in [0.3, 0.4) is 0 Å². The third-order valence-corrected chi connectivity index (χ3v) is 8.48. The van der Waals surface area contributed by atoms with Crippen LogP contribution in [0.5, 0.6) is 0 Å². The molecule has 1 saturated carbocycles. The Labute approximate surface area is 210 Å². The summed E-state index contributed by atoms with van der Waals surface area (Å²) in [4.78, 5) is 23.9. The van der Waals surface area contributed by atoms with Crippen molar-refractivity contribution in [3.05, 3.63) is 99.4 Å². The van der Waals surface area contributed by atoms with Crippen LogP contribution in [-0.2, 0) is 23.2 Å². The van der Waals surface area contributed by atoms with Gasteiger partial charge in [-0.1, -0.05) is 41.9 Å². The minimum atomic E-state index is -0.992. The molecule has 2 aliphatic carbocycles. The maximum atomic E-state index is 12.5. The Morgan fingerprint density at radius 2 is 1.77 bits per heavy atom. The maximum Gasteiger partial charge on any atom is 0.329 e. The van der Waals surface area contributed by atoms with Gasteiger partial charge in [-0.3, -0.25) is 4.79 Å². The van der Waals surface area contributed by atoms with Crippen LogP contribution >= 0.6 is 11.6 Å². The van der Waals surface area contributed by atoms with Gasteiger partial charge in [-0.25, -0.2) is 4.79 Å². The molecule has 0 amide bonds. The zero-order chi connectivity index (χ0) is 24.5. The lowest BCUT2D eigenvalue weighted by molar-refractivity contribution is -0.144. The molecule has 2 N–H and O–H groups in total. The summed E-state index contributed by atoms with van der Waals surface area (Å²) in [6.07, 6.45) is 9.66. The zero-order valence-corrected chi connectivity index (χ0v) is 20.5. The number of hydrogen-bond acceptors (Lipinski definition) is 3. The molecule has 1 spiro atoms. The minimum absolute atomic E-state index is 0.00903. The largest absolute Gasteiger partial charge is 0.480 e. The standard InChI is InChI=1S/C29H31ClN2O3/c30-23-7-3-8-24(20-23)31-29(27(34)35)14-12-28(13-15-29)22(19-21-5-1-2-9-26(21)28)6-4-16-32-17-10-25(33)11-18-32/h1-3,5,7-11,17-18,20,22,31H,4,6,12-16,19H2,(H,34,35). The highest BCUT2D eigenvalue weighted by atomic mass is 35.5. The number of rotatable bonds is 7. The van der Waals surface area contributed by atoms with E-state index in [4.69, 9.17) is 11.6 Å². The highest BCUT2D eigenvalue weighted by molar-refractivity contribution is 6.30. The summed E-state index contributed by atoms with van der Waals surface area (Å²) in [6, 6.07) is 19.2. The molecule has 3 aromatic rings. The first-order chi connectivity index (χ1) is 16.9. The number of fused-ring (bicyclic) bond motifs is 2. The maximum absolute atomic E-state index is 12.5. The number of carboxylic acid groups (broad SMARTS) is 1. The summed E-state index contributed by atoms with van der Waals surface area (Å²) in [6.45, 7) is 0.874. The van der Waals surface area contributed by atoms with E-state index < -0.39 is 11.5 Å². The molecule has 0 bridgehead atoms. The molecule has 1 fully saturated rings. The second-order valence-electron chi connectivity index (χ2n) is 10.2. The lowest BCUT2D eigenvalue weighted by Gasteiger charge is -2.47. The van der Waals surface area contributed by atoms with Gasteiger partial charge in [-0.05, 0) is 85.6 Å². The van der Waals surface area contributed by atoms with Crippen molar-refractivity contribution in [1.29, 1.82) is 0 Å². The van der Waals surface area contributed by atoms with Gasteiger partial charge < -0.3 is 15.0 Å². The predicted molar refractivity (Wildman–Crippen MR) is 139 cm³/mol. The van der Waals surface area contributed by atoms with Gasteiger partial charge in [0, 0.05) is 41.8 Å². The van der Waals surface area contributed by atoms with Gasteiger partial charge in [0.2, 0.25) is 0 Å². The molecule has 1 aromatic heterocycles. The number of carboxylic acids is 1. The highest BCUT2D eigenvalue weighted by Crippen LogP contribution is 2.55. The highest BCUT2D eigenvalue weighted by Gasteiger charge is 2.53. The number of aromatic nitrogens is 1. The SMILES string of the molecule is O=C(O)C1(Nc2cccc(Cl)c2)CCC2(CC1)c1ccccc1CC2CCCn1ccc(=O)cc1.